The highest BCUT2D eigenvalue weighted by atomic mass is 35.5. The van der Waals surface area contributed by atoms with Gasteiger partial charge in [-0.3, -0.25) is 4.90 Å². The van der Waals surface area contributed by atoms with Crippen molar-refractivity contribution >= 4 is 11.6 Å². The number of rotatable bonds is 8. The molecular weight excluding hydrogens is 242 g/mol. The number of nitrogens with zero attached hydrogens (tertiary/aromatic N) is 1. The van der Waals surface area contributed by atoms with Crippen LogP contribution in [-0.2, 0) is 6.54 Å². The van der Waals surface area contributed by atoms with E-state index in [0.717, 1.165) is 19.6 Å². The van der Waals surface area contributed by atoms with Crippen LogP contribution in [0.15, 0.2) is 24.3 Å². The molecule has 0 atom stereocenters. The molecule has 1 rings (SSSR count). The molecule has 0 aliphatic carbocycles. The van der Waals surface area contributed by atoms with E-state index in [4.69, 9.17) is 11.6 Å². The van der Waals surface area contributed by atoms with Gasteiger partial charge in [0.1, 0.15) is 0 Å². The van der Waals surface area contributed by atoms with E-state index < -0.39 is 0 Å². The summed E-state index contributed by atoms with van der Waals surface area (Å²) in [5, 5.41) is 0. The third-order valence-electron chi connectivity index (χ3n) is 3.28. The molecule has 0 radical (unpaired) electrons. The molecule has 0 unspecified atom stereocenters. The van der Waals surface area contributed by atoms with Gasteiger partial charge >= 0.3 is 0 Å². The van der Waals surface area contributed by atoms with Crippen LogP contribution in [0, 0.1) is 0 Å². The molecule has 0 aliphatic rings. The van der Waals surface area contributed by atoms with Crippen molar-refractivity contribution in [2.75, 3.05) is 19.0 Å². The van der Waals surface area contributed by atoms with Crippen molar-refractivity contribution in [2.24, 2.45) is 0 Å². The lowest BCUT2D eigenvalue weighted by Gasteiger charge is -2.21. The lowest BCUT2D eigenvalue weighted by atomic mass is 10.0. The van der Waals surface area contributed by atoms with Gasteiger partial charge < -0.3 is 0 Å². The Labute approximate surface area is 117 Å². The molecule has 0 N–H and O–H groups in total. The summed E-state index contributed by atoms with van der Waals surface area (Å²) < 4.78 is 0. The highest BCUT2D eigenvalue weighted by molar-refractivity contribution is 6.18. The van der Waals surface area contributed by atoms with Crippen molar-refractivity contribution < 1.29 is 0 Å². The topological polar surface area (TPSA) is 3.24 Å². The average molecular weight is 268 g/mol. The Morgan fingerprint density at radius 3 is 2.28 bits per heavy atom. The fourth-order valence-corrected chi connectivity index (χ4v) is 2.28. The van der Waals surface area contributed by atoms with Gasteiger partial charge in [-0.1, -0.05) is 51.5 Å². The van der Waals surface area contributed by atoms with Crippen LogP contribution in [0.4, 0.5) is 0 Å². The van der Waals surface area contributed by atoms with Gasteiger partial charge in [0, 0.05) is 19.0 Å². The van der Waals surface area contributed by atoms with Gasteiger partial charge in [-0.2, -0.15) is 0 Å². The minimum atomic E-state index is 0.609. The number of halogens is 1. The Kier molecular flexibility index (Phi) is 7.38. The Morgan fingerprint density at radius 2 is 1.78 bits per heavy atom. The molecule has 0 aromatic heterocycles. The van der Waals surface area contributed by atoms with E-state index in [1.54, 1.807) is 0 Å². The smallest absolute Gasteiger partial charge is 0.0351 e. The molecule has 0 spiro atoms. The van der Waals surface area contributed by atoms with E-state index in [9.17, 15) is 0 Å². The number of alkyl halides is 1. The lowest BCUT2D eigenvalue weighted by molar-refractivity contribution is 0.277. The van der Waals surface area contributed by atoms with Gasteiger partial charge in [0.2, 0.25) is 0 Å². The van der Waals surface area contributed by atoms with E-state index >= 15 is 0 Å². The first-order valence-electron chi connectivity index (χ1n) is 7.04. The predicted molar refractivity (Wildman–Crippen MR) is 81.4 cm³/mol. The number of hydrogen-bond donors (Lipinski definition) is 0. The van der Waals surface area contributed by atoms with Crippen LogP contribution in [0.1, 0.15) is 50.7 Å². The van der Waals surface area contributed by atoms with Gasteiger partial charge in [-0.25, -0.2) is 0 Å². The molecule has 0 saturated carbocycles. The standard InChI is InChI=1S/C16H26ClN/c1-4-5-11-18(12-10-17)13-15-6-8-16(9-7-15)14(2)3/h6-9,14H,4-5,10-13H2,1-3H3. The van der Waals surface area contributed by atoms with Crippen LogP contribution < -0.4 is 0 Å². The fourth-order valence-electron chi connectivity index (χ4n) is 2.04. The molecule has 0 amide bonds. The summed E-state index contributed by atoms with van der Waals surface area (Å²) in [6.07, 6.45) is 2.49. The Morgan fingerprint density at radius 1 is 1.11 bits per heavy atom. The van der Waals surface area contributed by atoms with Crippen molar-refractivity contribution in [3.8, 4) is 0 Å². The SMILES string of the molecule is CCCCN(CCCl)Cc1ccc(C(C)C)cc1. The molecule has 0 heterocycles. The molecular formula is C16H26ClN. The summed E-state index contributed by atoms with van der Waals surface area (Å²) in [7, 11) is 0. The molecule has 1 aromatic rings. The fraction of sp³-hybridized carbons (Fsp3) is 0.625. The maximum atomic E-state index is 5.87. The third kappa shape index (κ3) is 5.41. The average Bonchev–Trinajstić information content (AvgIpc) is 2.37. The summed E-state index contributed by atoms with van der Waals surface area (Å²) in [5.41, 5.74) is 2.80. The highest BCUT2D eigenvalue weighted by Crippen LogP contribution is 2.15. The van der Waals surface area contributed by atoms with E-state index in [-0.39, 0.29) is 0 Å². The van der Waals surface area contributed by atoms with Crippen molar-refractivity contribution in [1.82, 2.24) is 4.90 Å². The lowest BCUT2D eigenvalue weighted by Crippen LogP contribution is -2.26. The molecule has 0 fully saturated rings. The zero-order valence-electron chi connectivity index (χ0n) is 12.0. The first kappa shape index (κ1) is 15.5. The van der Waals surface area contributed by atoms with Crippen molar-refractivity contribution in [3.63, 3.8) is 0 Å². The van der Waals surface area contributed by atoms with Crippen molar-refractivity contribution in [3.05, 3.63) is 35.4 Å². The molecule has 2 heteroatoms. The molecule has 0 saturated heterocycles. The summed E-state index contributed by atoms with van der Waals surface area (Å²) in [4.78, 5) is 2.45. The zero-order valence-corrected chi connectivity index (χ0v) is 12.7. The Balaban J connectivity index is 2.56. The van der Waals surface area contributed by atoms with Gasteiger partial charge in [-0.05, 0) is 30.0 Å². The molecule has 18 heavy (non-hydrogen) atoms. The van der Waals surface area contributed by atoms with Gasteiger partial charge in [-0.15, -0.1) is 11.6 Å². The summed E-state index contributed by atoms with van der Waals surface area (Å²) in [6.45, 7) is 9.84. The maximum absolute atomic E-state index is 5.87. The van der Waals surface area contributed by atoms with E-state index in [2.05, 4.69) is 49.9 Å². The quantitative estimate of drug-likeness (QED) is 0.620. The van der Waals surface area contributed by atoms with Crippen molar-refractivity contribution in [2.45, 2.75) is 46.1 Å². The van der Waals surface area contributed by atoms with Crippen molar-refractivity contribution in [1.29, 1.82) is 0 Å². The van der Waals surface area contributed by atoms with Crippen LogP contribution in [0.2, 0.25) is 0 Å². The Hall–Kier alpha value is -0.530. The first-order chi connectivity index (χ1) is 8.67. The van der Waals surface area contributed by atoms with E-state index in [0.29, 0.717) is 11.8 Å². The van der Waals surface area contributed by atoms with Crippen LogP contribution in [0.3, 0.4) is 0 Å². The first-order valence-corrected chi connectivity index (χ1v) is 7.58. The van der Waals surface area contributed by atoms with Gasteiger partial charge in [0.15, 0.2) is 0 Å². The minimum absolute atomic E-state index is 0.609. The normalized spacial score (nSPS) is 11.4. The molecule has 1 nitrogen and oxygen atoms in total. The second kappa shape index (κ2) is 8.55. The number of hydrogen-bond acceptors (Lipinski definition) is 1. The van der Waals surface area contributed by atoms with Gasteiger partial charge in [0.25, 0.3) is 0 Å². The molecule has 0 aliphatic heterocycles. The van der Waals surface area contributed by atoms with Crippen LogP contribution >= 0.6 is 11.6 Å². The molecule has 0 bridgehead atoms. The molecule has 102 valence electrons. The summed E-state index contributed by atoms with van der Waals surface area (Å²) in [6, 6.07) is 9.00. The molecule has 1 aromatic carbocycles. The second-order valence-corrected chi connectivity index (χ2v) is 5.59. The van der Waals surface area contributed by atoms with Crippen LogP contribution in [-0.4, -0.2) is 23.9 Å². The zero-order chi connectivity index (χ0) is 13.4. The van der Waals surface area contributed by atoms with E-state index in [1.165, 1.54) is 24.0 Å². The highest BCUT2D eigenvalue weighted by Gasteiger charge is 2.05. The minimum Gasteiger partial charge on any atom is -0.298 e. The van der Waals surface area contributed by atoms with Gasteiger partial charge in [0.05, 0.1) is 0 Å². The van der Waals surface area contributed by atoms with Crippen LogP contribution in [0.25, 0.3) is 0 Å². The summed E-state index contributed by atoms with van der Waals surface area (Å²) in [5.74, 6) is 1.33. The largest absolute Gasteiger partial charge is 0.298 e. The monoisotopic (exact) mass is 267 g/mol. The van der Waals surface area contributed by atoms with Crippen LogP contribution in [0.5, 0.6) is 0 Å². The maximum Gasteiger partial charge on any atom is 0.0351 e. The number of benzene rings is 1. The van der Waals surface area contributed by atoms with E-state index in [1.807, 2.05) is 0 Å². The number of unbranched alkanes of at least 4 members (excludes halogenated alkanes) is 1. The second-order valence-electron chi connectivity index (χ2n) is 5.21. The predicted octanol–water partition coefficient (Wildman–Crippen LogP) is 4.65. The Bertz CT molecular complexity index is 318. The summed E-state index contributed by atoms with van der Waals surface area (Å²) >= 11 is 5.87. The third-order valence-corrected chi connectivity index (χ3v) is 3.45.